The van der Waals surface area contributed by atoms with E-state index in [4.69, 9.17) is 32.2 Å². The zero-order valence-electron chi connectivity index (χ0n) is 19.5. The lowest BCUT2D eigenvalue weighted by Crippen LogP contribution is -2.42. The van der Waals surface area contributed by atoms with Gasteiger partial charge < -0.3 is 19.9 Å². The Kier molecular flexibility index (Phi) is 6.14. The second kappa shape index (κ2) is 8.77. The molecule has 0 saturated heterocycles. The summed E-state index contributed by atoms with van der Waals surface area (Å²) in [6.45, 7) is 4.07. The van der Waals surface area contributed by atoms with Crippen molar-refractivity contribution < 1.29 is 19.0 Å². The lowest BCUT2D eigenvalue weighted by atomic mass is 9.68. The number of nitrogens with zero attached hydrogens (tertiary/aromatic N) is 3. The first-order valence-electron chi connectivity index (χ1n) is 10.5. The van der Waals surface area contributed by atoms with Gasteiger partial charge in [0, 0.05) is 29.3 Å². The summed E-state index contributed by atoms with van der Waals surface area (Å²) in [4.78, 5) is 15.3. The Bertz CT molecular complexity index is 1330. The molecular formula is C23H25N5O4S2. The number of carbonyl (C=O) groups excluding carboxylic acids is 1. The number of aromatic amines is 1. The van der Waals surface area contributed by atoms with E-state index in [1.54, 1.807) is 17.0 Å². The highest BCUT2D eigenvalue weighted by Crippen LogP contribution is 2.52. The lowest BCUT2D eigenvalue weighted by molar-refractivity contribution is -0.118. The third kappa shape index (κ3) is 3.82. The molecule has 0 amide bonds. The minimum atomic E-state index is -0.735. The van der Waals surface area contributed by atoms with Crippen molar-refractivity contribution in [3.8, 4) is 23.3 Å². The number of allylic oxidation sites excluding steroid dienone is 3. The van der Waals surface area contributed by atoms with E-state index >= 15 is 0 Å². The minimum absolute atomic E-state index is 0.0579. The van der Waals surface area contributed by atoms with E-state index in [0.717, 1.165) is 0 Å². The second-order valence-corrected chi connectivity index (χ2v) is 10.5. The first-order chi connectivity index (χ1) is 16.1. The number of ketones is 1. The van der Waals surface area contributed by atoms with Gasteiger partial charge in [-0.2, -0.15) is 5.26 Å². The smallest absolute Gasteiger partial charge is 0.216 e. The van der Waals surface area contributed by atoms with Crippen LogP contribution in [0.3, 0.4) is 0 Å². The predicted molar refractivity (Wildman–Crippen MR) is 130 cm³/mol. The number of ether oxygens (including phenoxy) is 3. The molecule has 1 aliphatic heterocycles. The molecule has 178 valence electrons. The molecule has 3 N–H and O–H groups in total. The van der Waals surface area contributed by atoms with Gasteiger partial charge in [-0.3, -0.25) is 14.8 Å². The van der Waals surface area contributed by atoms with Crippen molar-refractivity contribution in [3.05, 3.63) is 44.3 Å². The maximum Gasteiger partial charge on any atom is 0.216 e. The molecule has 9 nitrogen and oxygen atoms in total. The van der Waals surface area contributed by atoms with E-state index < -0.39 is 5.92 Å². The van der Waals surface area contributed by atoms with E-state index in [-0.39, 0.29) is 22.6 Å². The van der Waals surface area contributed by atoms with Gasteiger partial charge in [-0.15, -0.1) is 5.10 Å². The van der Waals surface area contributed by atoms with Gasteiger partial charge >= 0.3 is 0 Å². The molecular weight excluding hydrogens is 474 g/mol. The quantitative estimate of drug-likeness (QED) is 0.583. The number of hydrogen-bond acceptors (Lipinski definition) is 10. The fourth-order valence-electron chi connectivity index (χ4n) is 4.63. The monoisotopic (exact) mass is 499 g/mol. The normalized spacial score (nSPS) is 19.6. The fourth-order valence-corrected chi connectivity index (χ4v) is 5.55. The highest BCUT2D eigenvalue weighted by Gasteiger charge is 2.46. The number of Topliss-reactive ketones (excluding diaryl/α,β-unsaturated/α-hetero) is 1. The third-order valence-corrected chi connectivity index (χ3v) is 7.12. The van der Waals surface area contributed by atoms with Crippen molar-refractivity contribution >= 4 is 34.5 Å². The van der Waals surface area contributed by atoms with Crippen LogP contribution in [0.25, 0.3) is 0 Å². The molecule has 1 aliphatic carbocycles. The molecule has 4 rings (SSSR count). The summed E-state index contributed by atoms with van der Waals surface area (Å²) in [5, 5.41) is 17.8. The average molecular weight is 500 g/mol. The summed E-state index contributed by atoms with van der Waals surface area (Å²) < 4.78 is 17.0. The van der Waals surface area contributed by atoms with Crippen LogP contribution >= 0.6 is 23.6 Å². The SMILES string of the molecule is COc1cc(OC)c(C2C(C#N)=C(N)N(c3n[nH]c(=S)s3)C3=C2C(=O)CC(C)(C)C3)cc1OC. The molecule has 0 fully saturated rings. The molecule has 0 bridgehead atoms. The number of rotatable bonds is 5. The number of nitrogens with one attached hydrogen (secondary N) is 1. The van der Waals surface area contributed by atoms with Gasteiger partial charge in [0.25, 0.3) is 0 Å². The summed E-state index contributed by atoms with van der Waals surface area (Å²) in [5.41, 5.74) is 8.33. The molecule has 1 unspecified atom stereocenters. The van der Waals surface area contributed by atoms with Crippen LogP contribution in [0.2, 0.25) is 0 Å². The zero-order chi connectivity index (χ0) is 24.8. The van der Waals surface area contributed by atoms with Gasteiger partial charge in [0.1, 0.15) is 11.6 Å². The molecule has 34 heavy (non-hydrogen) atoms. The maximum atomic E-state index is 13.7. The zero-order valence-corrected chi connectivity index (χ0v) is 21.1. The van der Waals surface area contributed by atoms with Crippen molar-refractivity contribution in [2.45, 2.75) is 32.6 Å². The first-order valence-corrected chi connectivity index (χ1v) is 11.7. The molecule has 2 aromatic rings. The highest BCUT2D eigenvalue weighted by atomic mass is 32.1. The van der Waals surface area contributed by atoms with Crippen LogP contribution in [0, 0.1) is 20.7 Å². The van der Waals surface area contributed by atoms with Crippen LogP contribution in [0.4, 0.5) is 5.13 Å². The van der Waals surface area contributed by atoms with E-state index in [9.17, 15) is 10.1 Å². The van der Waals surface area contributed by atoms with Crippen LogP contribution in [-0.2, 0) is 4.79 Å². The van der Waals surface area contributed by atoms with Crippen LogP contribution < -0.4 is 24.8 Å². The Hall–Kier alpha value is -3.36. The van der Waals surface area contributed by atoms with Gasteiger partial charge in [-0.1, -0.05) is 25.2 Å². The molecule has 2 aliphatic rings. The van der Waals surface area contributed by atoms with Crippen LogP contribution in [0.5, 0.6) is 17.2 Å². The number of benzene rings is 1. The number of aromatic nitrogens is 2. The van der Waals surface area contributed by atoms with Gasteiger partial charge in [0.15, 0.2) is 21.2 Å². The molecule has 11 heteroatoms. The number of nitriles is 1. The number of nitrogens with two attached hydrogens (primary N) is 1. The number of anilines is 1. The average Bonchev–Trinajstić information content (AvgIpc) is 3.22. The van der Waals surface area contributed by atoms with Gasteiger partial charge in [0.05, 0.1) is 38.9 Å². The molecule has 0 radical (unpaired) electrons. The number of hydrogen-bond donors (Lipinski definition) is 2. The fraction of sp³-hybridized carbons (Fsp3) is 0.391. The van der Waals surface area contributed by atoms with E-state index in [1.807, 2.05) is 13.8 Å². The molecule has 1 aromatic carbocycles. The molecule has 2 heterocycles. The molecule has 1 aromatic heterocycles. The summed E-state index contributed by atoms with van der Waals surface area (Å²) in [5.74, 6) is 0.784. The Morgan fingerprint density at radius 2 is 1.85 bits per heavy atom. The van der Waals surface area contributed by atoms with Crippen molar-refractivity contribution in [1.29, 1.82) is 5.26 Å². The summed E-state index contributed by atoms with van der Waals surface area (Å²) in [6.07, 6.45) is 0.895. The van der Waals surface area contributed by atoms with Gasteiger partial charge in [-0.05, 0) is 30.1 Å². The molecule has 0 spiro atoms. The maximum absolute atomic E-state index is 13.7. The lowest BCUT2D eigenvalue weighted by Gasteiger charge is -2.42. The Morgan fingerprint density at radius 3 is 2.41 bits per heavy atom. The molecule has 0 saturated carbocycles. The van der Waals surface area contributed by atoms with E-state index in [0.29, 0.717) is 56.0 Å². The highest BCUT2D eigenvalue weighted by molar-refractivity contribution is 7.73. The van der Waals surface area contributed by atoms with Crippen molar-refractivity contribution in [3.63, 3.8) is 0 Å². The second-order valence-electron chi connectivity index (χ2n) is 8.83. The first kappa shape index (κ1) is 23.8. The topological polar surface area (TPSA) is 126 Å². The van der Waals surface area contributed by atoms with Crippen LogP contribution in [0.15, 0.2) is 34.8 Å². The number of H-pyrrole nitrogens is 1. The largest absolute Gasteiger partial charge is 0.496 e. The van der Waals surface area contributed by atoms with E-state index in [2.05, 4.69) is 16.3 Å². The van der Waals surface area contributed by atoms with Gasteiger partial charge in [-0.25, -0.2) is 0 Å². The van der Waals surface area contributed by atoms with Crippen molar-refractivity contribution in [2.75, 3.05) is 26.2 Å². The third-order valence-electron chi connectivity index (χ3n) is 6.05. The Labute approximate surface area is 206 Å². The standard InChI is InChI=1S/C23H25N5O4S2/c1-23(2)8-13-19(14(29)9-23)18(11-6-16(31-4)17(32-5)7-15(11)30-3)12(10-24)20(25)28(13)21-26-27-22(33)34-21/h6-7,18H,8-9,25H2,1-5H3,(H,27,33). The van der Waals surface area contributed by atoms with Crippen LogP contribution in [-0.4, -0.2) is 37.3 Å². The molecule has 1 atom stereocenters. The Balaban J connectivity index is 2.05. The van der Waals surface area contributed by atoms with Crippen molar-refractivity contribution in [1.82, 2.24) is 10.2 Å². The van der Waals surface area contributed by atoms with E-state index in [1.165, 1.54) is 32.7 Å². The predicted octanol–water partition coefficient (Wildman–Crippen LogP) is 4.17. The Morgan fingerprint density at radius 1 is 1.21 bits per heavy atom. The summed E-state index contributed by atoms with van der Waals surface area (Å²) in [7, 11) is 4.58. The minimum Gasteiger partial charge on any atom is -0.496 e. The number of methoxy groups -OCH3 is 3. The summed E-state index contributed by atoms with van der Waals surface area (Å²) >= 11 is 6.45. The van der Waals surface area contributed by atoms with Gasteiger partial charge in [0.2, 0.25) is 5.13 Å². The van der Waals surface area contributed by atoms with Crippen LogP contribution in [0.1, 0.15) is 38.2 Å². The van der Waals surface area contributed by atoms with Crippen molar-refractivity contribution in [2.24, 2.45) is 11.1 Å². The number of carbonyl (C=O) groups is 1. The summed E-state index contributed by atoms with van der Waals surface area (Å²) in [6, 6.07) is 5.66.